The molecule has 5 rings (SSSR count). The molecule has 0 aliphatic heterocycles. The molecule has 0 saturated carbocycles. The van der Waals surface area contributed by atoms with E-state index in [9.17, 15) is 4.79 Å². The number of nitrogens with zero attached hydrogens (tertiary/aromatic N) is 3. The molecule has 1 atom stereocenters. The smallest absolute Gasteiger partial charge is 0.272 e. The molecular formula is C25H29N5O. The van der Waals surface area contributed by atoms with Gasteiger partial charge in [-0.15, -0.1) is 0 Å². The number of aryl methyl sites for hydroxylation is 1. The van der Waals surface area contributed by atoms with Gasteiger partial charge >= 0.3 is 0 Å². The molecule has 6 nitrogen and oxygen atoms in total. The van der Waals surface area contributed by atoms with E-state index in [0.29, 0.717) is 24.3 Å². The molecule has 1 aromatic carbocycles. The van der Waals surface area contributed by atoms with Gasteiger partial charge in [-0.25, -0.2) is 0 Å². The van der Waals surface area contributed by atoms with Crippen LogP contribution < -0.4 is 10.6 Å². The van der Waals surface area contributed by atoms with Crippen molar-refractivity contribution < 1.29 is 4.79 Å². The highest BCUT2D eigenvalue weighted by Crippen LogP contribution is 2.27. The van der Waals surface area contributed by atoms with E-state index in [2.05, 4.69) is 51.9 Å². The van der Waals surface area contributed by atoms with Gasteiger partial charge < -0.3 is 10.6 Å². The van der Waals surface area contributed by atoms with Crippen molar-refractivity contribution in [3.63, 3.8) is 0 Å². The number of amides is 1. The lowest BCUT2D eigenvalue weighted by atomic mass is 9.90. The largest absolute Gasteiger partial charge is 0.347 e. The highest BCUT2D eigenvalue weighted by molar-refractivity contribution is 5.94. The van der Waals surface area contributed by atoms with Gasteiger partial charge in [0.25, 0.3) is 5.91 Å². The van der Waals surface area contributed by atoms with E-state index in [0.717, 1.165) is 49.8 Å². The number of pyridine rings is 1. The average Bonchev–Trinajstić information content (AvgIpc) is 3.38. The molecule has 3 aromatic rings. The minimum atomic E-state index is -0.0887. The van der Waals surface area contributed by atoms with Crippen molar-refractivity contribution in [3.05, 3.63) is 82.4 Å². The molecule has 1 amide bonds. The first-order chi connectivity index (χ1) is 15.2. The van der Waals surface area contributed by atoms with Crippen molar-refractivity contribution in [2.24, 2.45) is 0 Å². The number of carbonyl (C=O) groups is 1. The zero-order valence-electron chi connectivity index (χ0n) is 18.0. The molecule has 0 bridgehead atoms. The summed E-state index contributed by atoms with van der Waals surface area (Å²) in [5, 5.41) is 11.6. The van der Waals surface area contributed by atoms with E-state index < -0.39 is 0 Å². The van der Waals surface area contributed by atoms with E-state index in [1.165, 1.54) is 16.8 Å². The Kier molecular flexibility index (Phi) is 5.55. The zero-order valence-corrected chi connectivity index (χ0v) is 18.0. The molecule has 0 spiro atoms. The predicted molar refractivity (Wildman–Crippen MR) is 120 cm³/mol. The van der Waals surface area contributed by atoms with Gasteiger partial charge in [0.1, 0.15) is 0 Å². The Hall–Kier alpha value is -2.99. The molecule has 0 saturated heterocycles. The molecule has 31 heavy (non-hydrogen) atoms. The molecule has 2 aliphatic rings. The summed E-state index contributed by atoms with van der Waals surface area (Å²) in [7, 11) is 0. The van der Waals surface area contributed by atoms with Crippen LogP contribution in [-0.2, 0) is 38.8 Å². The Bertz CT molecular complexity index is 1050. The monoisotopic (exact) mass is 415 g/mol. The third-order valence-corrected chi connectivity index (χ3v) is 6.59. The maximum Gasteiger partial charge on any atom is 0.272 e. The maximum atomic E-state index is 13.0. The van der Waals surface area contributed by atoms with Crippen LogP contribution in [0.5, 0.6) is 0 Å². The second-order valence-electron chi connectivity index (χ2n) is 8.61. The van der Waals surface area contributed by atoms with Crippen LogP contribution in [0.2, 0.25) is 0 Å². The lowest BCUT2D eigenvalue weighted by Crippen LogP contribution is -2.42. The Morgan fingerprint density at radius 2 is 1.81 bits per heavy atom. The van der Waals surface area contributed by atoms with Crippen LogP contribution in [0.4, 0.5) is 0 Å². The summed E-state index contributed by atoms with van der Waals surface area (Å²) in [5.41, 5.74) is 6.90. The maximum absolute atomic E-state index is 13.0. The van der Waals surface area contributed by atoms with Crippen LogP contribution >= 0.6 is 0 Å². The standard InChI is InChI=1S/C25H29N5O/c1-2-30-23-8-7-20(28-21-13-18-5-3-4-6-19(18)14-21)15-22(23)24(29-30)25(31)27-16-17-9-11-26-12-10-17/h3-6,9-12,20-21,28H,2,7-8,13-16H2,1H3,(H,27,31). The minimum absolute atomic E-state index is 0.0887. The number of aromatic nitrogens is 3. The summed E-state index contributed by atoms with van der Waals surface area (Å²) in [6.45, 7) is 3.36. The third-order valence-electron chi connectivity index (χ3n) is 6.59. The summed E-state index contributed by atoms with van der Waals surface area (Å²) >= 11 is 0. The molecular weight excluding hydrogens is 386 g/mol. The average molecular weight is 416 g/mol. The minimum Gasteiger partial charge on any atom is -0.347 e. The van der Waals surface area contributed by atoms with Crippen LogP contribution in [0.3, 0.4) is 0 Å². The second kappa shape index (κ2) is 8.63. The van der Waals surface area contributed by atoms with Crippen molar-refractivity contribution in [2.75, 3.05) is 0 Å². The van der Waals surface area contributed by atoms with Crippen molar-refractivity contribution in [1.29, 1.82) is 0 Å². The first-order valence-electron chi connectivity index (χ1n) is 11.3. The second-order valence-corrected chi connectivity index (χ2v) is 8.61. The van der Waals surface area contributed by atoms with Gasteiger partial charge in [-0.1, -0.05) is 24.3 Å². The van der Waals surface area contributed by atoms with Gasteiger partial charge in [-0.2, -0.15) is 5.10 Å². The number of nitrogens with one attached hydrogen (secondary N) is 2. The summed E-state index contributed by atoms with van der Waals surface area (Å²) in [5.74, 6) is -0.0887. The van der Waals surface area contributed by atoms with Crippen LogP contribution in [-0.4, -0.2) is 32.8 Å². The molecule has 2 N–H and O–H groups in total. The van der Waals surface area contributed by atoms with E-state index in [4.69, 9.17) is 0 Å². The molecule has 0 fully saturated rings. The lowest BCUT2D eigenvalue weighted by molar-refractivity contribution is 0.0944. The van der Waals surface area contributed by atoms with Crippen LogP contribution in [0.15, 0.2) is 48.8 Å². The number of fused-ring (bicyclic) bond motifs is 2. The van der Waals surface area contributed by atoms with Gasteiger partial charge in [0.05, 0.1) is 0 Å². The highest BCUT2D eigenvalue weighted by atomic mass is 16.1. The van der Waals surface area contributed by atoms with Gasteiger partial charge in [-0.3, -0.25) is 14.5 Å². The van der Waals surface area contributed by atoms with E-state index in [1.54, 1.807) is 12.4 Å². The Morgan fingerprint density at radius 1 is 1.06 bits per heavy atom. The SMILES string of the molecule is CCn1nc(C(=O)NCc2ccncc2)c2c1CCC(NC1Cc3ccccc3C1)C2. The topological polar surface area (TPSA) is 71.8 Å². The Labute approximate surface area is 183 Å². The summed E-state index contributed by atoms with van der Waals surface area (Å²) < 4.78 is 2.01. The fourth-order valence-electron chi connectivity index (χ4n) is 5.05. The van der Waals surface area contributed by atoms with Crippen LogP contribution in [0.1, 0.15) is 51.8 Å². The molecule has 2 aliphatic carbocycles. The first-order valence-corrected chi connectivity index (χ1v) is 11.3. The van der Waals surface area contributed by atoms with Crippen molar-refractivity contribution in [3.8, 4) is 0 Å². The molecule has 160 valence electrons. The van der Waals surface area contributed by atoms with E-state index in [-0.39, 0.29) is 5.91 Å². The third kappa shape index (κ3) is 4.12. The first kappa shape index (κ1) is 19.9. The normalized spacial score (nSPS) is 17.9. The summed E-state index contributed by atoms with van der Waals surface area (Å²) in [6.07, 6.45) is 8.58. The van der Waals surface area contributed by atoms with Crippen molar-refractivity contribution in [1.82, 2.24) is 25.4 Å². The molecule has 1 unspecified atom stereocenters. The number of hydrogen-bond acceptors (Lipinski definition) is 4. The van der Waals surface area contributed by atoms with E-state index >= 15 is 0 Å². The molecule has 2 aromatic heterocycles. The summed E-state index contributed by atoms with van der Waals surface area (Å²) in [4.78, 5) is 17.0. The van der Waals surface area contributed by atoms with Crippen LogP contribution in [0.25, 0.3) is 0 Å². The predicted octanol–water partition coefficient (Wildman–Crippen LogP) is 2.84. The van der Waals surface area contributed by atoms with Crippen molar-refractivity contribution in [2.45, 2.75) is 64.2 Å². The molecule has 2 heterocycles. The van der Waals surface area contributed by atoms with Gasteiger partial charge in [0.15, 0.2) is 5.69 Å². The fraction of sp³-hybridized carbons (Fsp3) is 0.400. The van der Waals surface area contributed by atoms with Gasteiger partial charge in [-0.05, 0) is 67.9 Å². The number of carbonyl (C=O) groups excluding carboxylic acids is 1. The number of benzene rings is 1. The number of rotatable bonds is 6. The highest BCUT2D eigenvalue weighted by Gasteiger charge is 2.31. The quantitative estimate of drug-likeness (QED) is 0.649. The fourth-order valence-corrected chi connectivity index (χ4v) is 5.05. The zero-order chi connectivity index (χ0) is 21.2. The van der Waals surface area contributed by atoms with E-state index in [1.807, 2.05) is 16.8 Å². The Balaban J connectivity index is 1.28. The van der Waals surface area contributed by atoms with Gasteiger partial charge in [0.2, 0.25) is 0 Å². The molecule has 0 radical (unpaired) electrons. The number of hydrogen-bond donors (Lipinski definition) is 2. The molecule has 6 heteroatoms. The Morgan fingerprint density at radius 3 is 2.52 bits per heavy atom. The van der Waals surface area contributed by atoms with Crippen LogP contribution in [0, 0.1) is 0 Å². The lowest BCUT2D eigenvalue weighted by Gasteiger charge is -2.27. The summed E-state index contributed by atoms with van der Waals surface area (Å²) in [6, 6.07) is 13.4. The van der Waals surface area contributed by atoms with Crippen molar-refractivity contribution >= 4 is 5.91 Å². The van der Waals surface area contributed by atoms with Gasteiger partial charge in [0, 0.05) is 48.8 Å².